The summed E-state index contributed by atoms with van der Waals surface area (Å²) < 4.78 is 5.03. The quantitative estimate of drug-likeness (QED) is 0.583. The molecule has 1 fully saturated rings. The molecule has 0 aromatic carbocycles. The summed E-state index contributed by atoms with van der Waals surface area (Å²) >= 11 is 0. The van der Waals surface area contributed by atoms with Crippen LogP contribution in [0, 0.1) is 0 Å². The number of ether oxygens (including phenoxy) is 1. The highest BCUT2D eigenvalue weighted by Gasteiger charge is 2.15. The molecule has 0 atom stereocenters. The number of hydrogen-bond donors (Lipinski definition) is 1. The second-order valence-corrected chi connectivity index (χ2v) is 2.90. The van der Waals surface area contributed by atoms with Crippen molar-refractivity contribution in [1.82, 2.24) is 5.32 Å². The summed E-state index contributed by atoms with van der Waals surface area (Å²) in [7, 11) is 0. The van der Waals surface area contributed by atoms with Crippen molar-refractivity contribution in [3.05, 3.63) is 0 Å². The van der Waals surface area contributed by atoms with Crippen molar-refractivity contribution < 1.29 is 4.74 Å². The molecule has 1 rings (SSSR count). The third-order valence-corrected chi connectivity index (χ3v) is 1.85. The van der Waals surface area contributed by atoms with Crippen molar-refractivity contribution in [2.24, 2.45) is 0 Å². The minimum atomic E-state index is 0.664. The van der Waals surface area contributed by atoms with E-state index in [1.54, 1.807) is 0 Å². The Balaban J connectivity index is 1.76. The molecular weight excluding hydrogens is 126 g/mol. The summed E-state index contributed by atoms with van der Waals surface area (Å²) in [5, 5.41) is 3.43. The van der Waals surface area contributed by atoms with Crippen molar-refractivity contribution >= 4 is 0 Å². The van der Waals surface area contributed by atoms with Gasteiger partial charge in [-0.25, -0.2) is 0 Å². The molecule has 0 aliphatic carbocycles. The van der Waals surface area contributed by atoms with E-state index in [0.29, 0.717) is 6.04 Å². The first-order valence-electron chi connectivity index (χ1n) is 4.24. The Morgan fingerprint density at radius 3 is 2.70 bits per heavy atom. The second kappa shape index (κ2) is 4.69. The zero-order valence-electron chi connectivity index (χ0n) is 6.73. The molecule has 60 valence electrons. The number of rotatable bonds is 5. The Labute approximate surface area is 63.0 Å². The SMILES string of the molecule is CCCCCNC1COC1. The fraction of sp³-hybridized carbons (Fsp3) is 1.00. The molecule has 1 saturated heterocycles. The molecule has 0 radical (unpaired) electrons. The van der Waals surface area contributed by atoms with Gasteiger partial charge in [-0.15, -0.1) is 0 Å². The first-order chi connectivity index (χ1) is 4.93. The normalized spacial score (nSPS) is 18.9. The monoisotopic (exact) mass is 143 g/mol. The van der Waals surface area contributed by atoms with Crippen LogP contribution in [-0.2, 0) is 4.74 Å². The molecule has 1 N–H and O–H groups in total. The topological polar surface area (TPSA) is 21.3 Å². The smallest absolute Gasteiger partial charge is 0.0643 e. The first kappa shape index (κ1) is 8.02. The van der Waals surface area contributed by atoms with Gasteiger partial charge in [0.05, 0.1) is 19.3 Å². The molecule has 2 heteroatoms. The Kier molecular flexibility index (Phi) is 3.76. The van der Waals surface area contributed by atoms with E-state index >= 15 is 0 Å². The van der Waals surface area contributed by atoms with E-state index in [1.807, 2.05) is 0 Å². The fourth-order valence-electron chi connectivity index (χ4n) is 1.03. The molecule has 0 spiro atoms. The van der Waals surface area contributed by atoms with Crippen molar-refractivity contribution in [3.8, 4) is 0 Å². The maximum atomic E-state index is 5.03. The molecule has 10 heavy (non-hydrogen) atoms. The predicted molar refractivity (Wildman–Crippen MR) is 42.1 cm³/mol. The van der Waals surface area contributed by atoms with Crippen LogP contribution < -0.4 is 5.32 Å². The number of unbranched alkanes of at least 4 members (excludes halogenated alkanes) is 2. The van der Waals surface area contributed by atoms with Crippen molar-refractivity contribution in [1.29, 1.82) is 0 Å². The van der Waals surface area contributed by atoms with Gasteiger partial charge in [0.1, 0.15) is 0 Å². The van der Waals surface area contributed by atoms with Crippen LogP contribution in [0.5, 0.6) is 0 Å². The zero-order chi connectivity index (χ0) is 7.23. The average molecular weight is 143 g/mol. The van der Waals surface area contributed by atoms with E-state index in [9.17, 15) is 0 Å². The summed E-state index contributed by atoms with van der Waals surface area (Å²) in [4.78, 5) is 0. The minimum Gasteiger partial charge on any atom is -0.378 e. The largest absolute Gasteiger partial charge is 0.378 e. The van der Waals surface area contributed by atoms with Gasteiger partial charge < -0.3 is 10.1 Å². The Bertz CT molecular complexity index is 81.3. The second-order valence-electron chi connectivity index (χ2n) is 2.90. The van der Waals surface area contributed by atoms with E-state index in [1.165, 1.54) is 25.8 Å². The van der Waals surface area contributed by atoms with Gasteiger partial charge in [-0.3, -0.25) is 0 Å². The number of hydrogen-bond acceptors (Lipinski definition) is 2. The summed E-state index contributed by atoms with van der Waals surface area (Å²) in [5.74, 6) is 0. The van der Waals surface area contributed by atoms with Gasteiger partial charge in [-0.2, -0.15) is 0 Å². The molecule has 0 amide bonds. The minimum absolute atomic E-state index is 0.664. The van der Waals surface area contributed by atoms with Gasteiger partial charge in [-0.05, 0) is 13.0 Å². The highest BCUT2D eigenvalue weighted by molar-refractivity contribution is 4.72. The van der Waals surface area contributed by atoms with Crippen molar-refractivity contribution in [2.45, 2.75) is 32.2 Å². The Morgan fingerprint density at radius 2 is 2.20 bits per heavy atom. The molecule has 1 aliphatic rings. The van der Waals surface area contributed by atoms with Crippen molar-refractivity contribution in [3.63, 3.8) is 0 Å². The van der Waals surface area contributed by atoms with Gasteiger partial charge in [0, 0.05) is 0 Å². The zero-order valence-corrected chi connectivity index (χ0v) is 6.73. The summed E-state index contributed by atoms with van der Waals surface area (Å²) in [6.07, 6.45) is 3.97. The molecule has 0 saturated carbocycles. The van der Waals surface area contributed by atoms with E-state index in [4.69, 9.17) is 4.74 Å². The van der Waals surface area contributed by atoms with Crippen LogP contribution >= 0.6 is 0 Å². The highest BCUT2D eigenvalue weighted by atomic mass is 16.5. The van der Waals surface area contributed by atoms with Crippen LogP contribution in [0.15, 0.2) is 0 Å². The lowest BCUT2D eigenvalue weighted by Crippen LogP contribution is -2.46. The lowest BCUT2D eigenvalue weighted by molar-refractivity contribution is -0.00496. The molecular formula is C8H17NO. The van der Waals surface area contributed by atoms with Gasteiger partial charge in [0.25, 0.3) is 0 Å². The highest BCUT2D eigenvalue weighted by Crippen LogP contribution is 2.00. The lowest BCUT2D eigenvalue weighted by atomic mass is 10.2. The summed E-state index contributed by atoms with van der Waals surface area (Å²) in [6, 6.07) is 0.664. The van der Waals surface area contributed by atoms with Gasteiger partial charge in [0.2, 0.25) is 0 Å². The molecule has 2 nitrogen and oxygen atoms in total. The third kappa shape index (κ3) is 2.67. The fourth-order valence-corrected chi connectivity index (χ4v) is 1.03. The van der Waals surface area contributed by atoms with E-state index in [-0.39, 0.29) is 0 Å². The van der Waals surface area contributed by atoms with Gasteiger partial charge >= 0.3 is 0 Å². The molecule has 1 heterocycles. The van der Waals surface area contributed by atoms with Crippen LogP contribution in [0.1, 0.15) is 26.2 Å². The predicted octanol–water partition coefficient (Wildman–Crippen LogP) is 1.16. The molecule has 1 aliphatic heterocycles. The van der Waals surface area contributed by atoms with Crippen LogP contribution in [0.2, 0.25) is 0 Å². The maximum absolute atomic E-state index is 5.03. The van der Waals surface area contributed by atoms with Crippen LogP contribution in [0.25, 0.3) is 0 Å². The molecule has 0 aromatic heterocycles. The average Bonchev–Trinajstić information content (AvgIpc) is 1.84. The summed E-state index contributed by atoms with van der Waals surface area (Å²) in [5.41, 5.74) is 0. The molecule has 0 unspecified atom stereocenters. The van der Waals surface area contributed by atoms with Crippen LogP contribution in [0.4, 0.5) is 0 Å². The van der Waals surface area contributed by atoms with Crippen LogP contribution in [-0.4, -0.2) is 25.8 Å². The Morgan fingerprint density at radius 1 is 1.40 bits per heavy atom. The Hall–Kier alpha value is -0.0800. The molecule has 0 bridgehead atoms. The molecule has 0 aromatic rings. The standard InChI is InChI=1S/C8H17NO/c1-2-3-4-5-9-8-6-10-7-8/h8-9H,2-7H2,1H3. The van der Waals surface area contributed by atoms with E-state index in [0.717, 1.165) is 13.2 Å². The van der Waals surface area contributed by atoms with Gasteiger partial charge in [-0.1, -0.05) is 19.8 Å². The summed E-state index contributed by atoms with van der Waals surface area (Å²) in [6.45, 7) is 5.24. The van der Waals surface area contributed by atoms with E-state index < -0.39 is 0 Å². The first-order valence-corrected chi connectivity index (χ1v) is 4.24. The third-order valence-electron chi connectivity index (χ3n) is 1.85. The maximum Gasteiger partial charge on any atom is 0.0643 e. The van der Waals surface area contributed by atoms with Gasteiger partial charge in [0.15, 0.2) is 0 Å². The lowest BCUT2D eigenvalue weighted by Gasteiger charge is -2.26. The van der Waals surface area contributed by atoms with Crippen LogP contribution in [0.3, 0.4) is 0 Å². The number of nitrogens with one attached hydrogen (secondary N) is 1. The van der Waals surface area contributed by atoms with E-state index in [2.05, 4.69) is 12.2 Å². The van der Waals surface area contributed by atoms with Crippen molar-refractivity contribution in [2.75, 3.05) is 19.8 Å².